The van der Waals surface area contributed by atoms with Gasteiger partial charge in [0.25, 0.3) is 0 Å². The molecule has 1 unspecified atom stereocenters. The molecule has 1 heterocycles. The fourth-order valence-electron chi connectivity index (χ4n) is 3.22. The second-order valence-corrected chi connectivity index (χ2v) is 7.17. The van der Waals surface area contributed by atoms with E-state index in [0.29, 0.717) is 0 Å². The molecule has 0 amide bonds. The predicted molar refractivity (Wildman–Crippen MR) is 87.0 cm³/mol. The molecule has 0 aromatic heterocycles. The third-order valence-electron chi connectivity index (χ3n) is 4.24. The normalized spacial score (nSPS) is 22.6. The van der Waals surface area contributed by atoms with Crippen molar-refractivity contribution in [1.82, 2.24) is 5.32 Å². The zero-order chi connectivity index (χ0) is 14.0. The fraction of sp³-hybridized carbons (Fsp3) is 0.625. The van der Waals surface area contributed by atoms with Crippen molar-refractivity contribution in [3.8, 4) is 0 Å². The standard InChI is InChI=1S/C16H25BrN2/c1-12-5-6-14(9-15(12)17)19-8-7-13(11-18-4)10-16(19,2)3/h5-6,9,13,18H,7-8,10-11H2,1-4H3. The van der Waals surface area contributed by atoms with Crippen LogP contribution in [-0.4, -0.2) is 25.7 Å². The van der Waals surface area contributed by atoms with Gasteiger partial charge in [0.15, 0.2) is 0 Å². The molecule has 1 atom stereocenters. The van der Waals surface area contributed by atoms with Crippen LogP contribution in [-0.2, 0) is 0 Å². The number of halogens is 1. The van der Waals surface area contributed by atoms with Crippen LogP contribution in [0.2, 0.25) is 0 Å². The number of anilines is 1. The quantitative estimate of drug-likeness (QED) is 0.904. The first-order chi connectivity index (χ1) is 8.94. The Morgan fingerprint density at radius 2 is 2.16 bits per heavy atom. The Bertz CT molecular complexity index is 442. The third-order valence-corrected chi connectivity index (χ3v) is 5.09. The van der Waals surface area contributed by atoms with Crippen LogP contribution in [0.25, 0.3) is 0 Å². The van der Waals surface area contributed by atoms with Gasteiger partial charge in [0.05, 0.1) is 0 Å². The van der Waals surface area contributed by atoms with Crippen LogP contribution in [0, 0.1) is 12.8 Å². The van der Waals surface area contributed by atoms with Crippen molar-refractivity contribution in [2.45, 2.75) is 39.2 Å². The van der Waals surface area contributed by atoms with E-state index >= 15 is 0 Å². The summed E-state index contributed by atoms with van der Waals surface area (Å²) in [7, 11) is 2.05. The monoisotopic (exact) mass is 324 g/mol. The molecule has 1 aromatic carbocycles. The zero-order valence-electron chi connectivity index (χ0n) is 12.5. The zero-order valence-corrected chi connectivity index (χ0v) is 14.0. The van der Waals surface area contributed by atoms with Crippen molar-refractivity contribution in [3.05, 3.63) is 28.2 Å². The van der Waals surface area contributed by atoms with Gasteiger partial charge < -0.3 is 10.2 Å². The molecular weight excluding hydrogens is 300 g/mol. The van der Waals surface area contributed by atoms with Crippen LogP contribution in [0.4, 0.5) is 5.69 Å². The summed E-state index contributed by atoms with van der Waals surface area (Å²) in [5, 5.41) is 3.32. The lowest BCUT2D eigenvalue weighted by Gasteiger charge is -2.47. The van der Waals surface area contributed by atoms with Gasteiger partial charge >= 0.3 is 0 Å². The Balaban J connectivity index is 2.18. The summed E-state index contributed by atoms with van der Waals surface area (Å²) in [6, 6.07) is 6.71. The minimum absolute atomic E-state index is 0.231. The maximum atomic E-state index is 3.65. The van der Waals surface area contributed by atoms with Gasteiger partial charge in [0.2, 0.25) is 0 Å². The van der Waals surface area contributed by atoms with E-state index in [1.54, 1.807) is 0 Å². The number of hydrogen-bond acceptors (Lipinski definition) is 2. The van der Waals surface area contributed by atoms with Crippen molar-refractivity contribution in [2.75, 3.05) is 25.0 Å². The number of nitrogens with one attached hydrogen (secondary N) is 1. The van der Waals surface area contributed by atoms with E-state index in [4.69, 9.17) is 0 Å². The molecule has 0 saturated carbocycles. The van der Waals surface area contributed by atoms with Gasteiger partial charge in [-0.15, -0.1) is 0 Å². The van der Waals surface area contributed by atoms with E-state index in [1.165, 1.54) is 28.6 Å². The Morgan fingerprint density at radius 1 is 1.42 bits per heavy atom. The van der Waals surface area contributed by atoms with E-state index in [0.717, 1.165) is 19.0 Å². The van der Waals surface area contributed by atoms with Gasteiger partial charge in [-0.2, -0.15) is 0 Å². The van der Waals surface area contributed by atoms with Crippen molar-refractivity contribution >= 4 is 21.6 Å². The first-order valence-corrected chi connectivity index (χ1v) is 7.92. The van der Waals surface area contributed by atoms with Crippen LogP contribution in [0.5, 0.6) is 0 Å². The first kappa shape index (κ1) is 14.9. The molecule has 0 radical (unpaired) electrons. The number of nitrogens with zero attached hydrogens (tertiary/aromatic N) is 1. The summed E-state index contributed by atoms with van der Waals surface area (Å²) in [5.74, 6) is 0.796. The van der Waals surface area contributed by atoms with Gasteiger partial charge in [-0.05, 0) is 70.8 Å². The number of benzene rings is 1. The van der Waals surface area contributed by atoms with Crippen LogP contribution >= 0.6 is 15.9 Å². The molecule has 3 heteroatoms. The van der Waals surface area contributed by atoms with Gasteiger partial charge in [0.1, 0.15) is 0 Å². The maximum absolute atomic E-state index is 3.65. The Morgan fingerprint density at radius 3 is 2.74 bits per heavy atom. The summed E-state index contributed by atoms with van der Waals surface area (Å²) in [6.07, 6.45) is 2.52. The van der Waals surface area contributed by atoms with E-state index in [1.807, 2.05) is 0 Å². The Kier molecular flexibility index (Phi) is 4.57. The van der Waals surface area contributed by atoms with Crippen molar-refractivity contribution in [1.29, 1.82) is 0 Å². The lowest BCUT2D eigenvalue weighted by molar-refractivity contribution is 0.270. The van der Waals surface area contributed by atoms with Crippen molar-refractivity contribution in [3.63, 3.8) is 0 Å². The van der Waals surface area contributed by atoms with Gasteiger partial charge in [0, 0.05) is 22.2 Å². The Labute approximate surface area is 125 Å². The SMILES string of the molecule is CNCC1CCN(c2ccc(C)c(Br)c2)C(C)(C)C1. The smallest absolute Gasteiger partial charge is 0.0382 e. The third kappa shape index (κ3) is 3.32. The fourth-order valence-corrected chi connectivity index (χ4v) is 3.59. The van der Waals surface area contributed by atoms with E-state index < -0.39 is 0 Å². The second-order valence-electron chi connectivity index (χ2n) is 6.31. The number of piperidine rings is 1. The topological polar surface area (TPSA) is 15.3 Å². The molecule has 0 spiro atoms. The average molecular weight is 325 g/mol. The second kappa shape index (κ2) is 5.84. The summed E-state index contributed by atoms with van der Waals surface area (Å²) in [5.41, 5.74) is 2.87. The molecule has 1 N–H and O–H groups in total. The molecule has 1 saturated heterocycles. The van der Waals surface area contributed by atoms with Crippen LogP contribution in [0.1, 0.15) is 32.3 Å². The van der Waals surface area contributed by atoms with Crippen LogP contribution in [0.15, 0.2) is 22.7 Å². The van der Waals surface area contributed by atoms with Crippen LogP contribution in [0.3, 0.4) is 0 Å². The summed E-state index contributed by atoms with van der Waals surface area (Å²) >= 11 is 3.65. The lowest BCUT2D eigenvalue weighted by Crippen LogP contribution is -2.51. The largest absolute Gasteiger partial charge is 0.366 e. The highest BCUT2D eigenvalue weighted by atomic mass is 79.9. The van der Waals surface area contributed by atoms with Gasteiger partial charge in [-0.25, -0.2) is 0 Å². The molecule has 1 fully saturated rings. The number of rotatable bonds is 3. The highest BCUT2D eigenvalue weighted by Crippen LogP contribution is 2.36. The molecule has 19 heavy (non-hydrogen) atoms. The predicted octanol–water partition coefficient (Wildman–Crippen LogP) is 3.97. The molecule has 2 rings (SSSR count). The number of aryl methyl sites for hydroxylation is 1. The average Bonchev–Trinajstić information content (AvgIpc) is 2.32. The molecule has 106 valence electrons. The summed E-state index contributed by atoms with van der Waals surface area (Å²) in [6.45, 7) is 9.15. The van der Waals surface area contributed by atoms with Crippen LogP contribution < -0.4 is 10.2 Å². The van der Waals surface area contributed by atoms with Gasteiger partial charge in [-0.1, -0.05) is 22.0 Å². The highest BCUT2D eigenvalue weighted by Gasteiger charge is 2.34. The van der Waals surface area contributed by atoms with E-state index in [9.17, 15) is 0 Å². The molecule has 0 aliphatic carbocycles. The van der Waals surface area contributed by atoms with Crippen molar-refractivity contribution in [2.24, 2.45) is 5.92 Å². The molecule has 1 aliphatic rings. The molecule has 1 aromatic rings. The molecule has 0 bridgehead atoms. The summed E-state index contributed by atoms with van der Waals surface area (Å²) < 4.78 is 1.21. The Hall–Kier alpha value is -0.540. The lowest BCUT2D eigenvalue weighted by atomic mass is 9.82. The summed E-state index contributed by atoms with van der Waals surface area (Å²) in [4.78, 5) is 2.56. The van der Waals surface area contributed by atoms with E-state index in [2.05, 4.69) is 72.2 Å². The molecule has 2 nitrogen and oxygen atoms in total. The first-order valence-electron chi connectivity index (χ1n) is 7.12. The minimum atomic E-state index is 0.231. The van der Waals surface area contributed by atoms with Gasteiger partial charge in [-0.3, -0.25) is 0 Å². The van der Waals surface area contributed by atoms with Crippen molar-refractivity contribution < 1.29 is 0 Å². The highest BCUT2D eigenvalue weighted by molar-refractivity contribution is 9.10. The van der Waals surface area contributed by atoms with E-state index in [-0.39, 0.29) is 5.54 Å². The molecule has 1 aliphatic heterocycles. The number of hydrogen-bond donors (Lipinski definition) is 1. The minimum Gasteiger partial charge on any atom is -0.366 e. The molecular formula is C16H25BrN2. The maximum Gasteiger partial charge on any atom is 0.0382 e.